The summed E-state index contributed by atoms with van der Waals surface area (Å²) in [6.45, 7) is 1.74. The van der Waals surface area contributed by atoms with Gasteiger partial charge in [0.2, 0.25) is 0 Å². The summed E-state index contributed by atoms with van der Waals surface area (Å²) in [5, 5.41) is 18.4. The Bertz CT molecular complexity index is 620. The molecule has 92 valence electrons. The number of aryl methyl sites for hydroxylation is 1. The number of rotatable bonds is 2. The Labute approximate surface area is 103 Å². The number of carboxylic acids is 1. The molecule has 0 aliphatic heterocycles. The Kier molecular flexibility index (Phi) is 3.02. The summed E-state index contributed by atoms with van der Waals surface area (Å²) >= 11 is 0. The van der Waals surface area contributed by atoms with Crippen LogP contribution in [0, 0.1) is 12.7 Å². The van der Waals surface area contributed by atoms with Crippen LogP contribution < -0.4 is 0 Å². The van der Waals surface area contributed by atoms with Gasteiger partial charge in [-0.05, 0) is 47.9 Å². The maximum Gasteiger partial charge on any atom is 0.339 e. The molecule has 0 atom stereocenters. The molecule has 2 rings (SSSR count). The first-order valence-corrected chi connectivity index (χ1v) is 5.32. The van der Waals surface area contributed by atoms with Crippen LogP contribution >= 0.6 is 0 Å². The van der Waals surface area contributed by atoms with Crippen molar-refractivity contribution >= 4 is 5.97 Å². The third-order valence-corrected chi connectivity index (χ3v) is 2.73. The van der Waals surface area contributed by atoms with Crippen molar-refractivity contribution in [1.29, 1.82) is 0 Å². The summed E-state index contributed by atoms with van der Waals surface area (Å²) in [4.78, 5) is 10.9. The van der Waals surface area contributed by atoms with Gasteiger partial charge in [0.15, 0.2) is 0 Å². The number of hydrogen-bond acceptors (Lipinski definition) is 2. The molecule has 0 saturated heterocycles. The minimum absolute atomic E-state index is 0.170. The molecule has 0 radical (unpaired) electrons. The Morgan fingerprint density at radius 2 is 1.89 bits per heavy atom. The summed E-state index contributed by atoms with van der Waals surface area (Å²) in [6, 6.07) is 8.57. The third kappa shape index (κ3) is 2.18. The van der Waals surface area contributed by atoms with Crippen molar-refractivity contribution in [3.05, 3.63) is 53.3 Å². The molecule has 0 heterocycles. The van der Waals surface area contributed by atoms with E-state index in [4.69, 9.17) is 5.11 Å². The second-order valence-electron chi connectivity index (χ2n) is 4.00. The molecule has 2 aromatic carbocycles. The number of benzene rings is 2. The zero-order valence-corrected chi connectivity index (χ0v) is 9.64. The Morgan fingerprint density at radius 3 is 2.50 bits per heavy atom. The largest absolute Gasteiger partial charge is 0.507 e. The second-order valence-corrected chi connectivity index (χ2v) is 4.00. The average molecular weight is 246 g/mol. The van der Waals surface area contributed by atoms with E-state index in [9.17, 15) is 14.3 Å². The molecule has 0 fully saturated rings. The maximum absolute atomic E-state index is 13.0. The summed E-state index contributed by atoms with van der Waals surface area (Å²) in [7, 11) is 0. The molecule has 0 saturated carbocycles. The first kappa shape index (κ1) is 12.1. The first-order valence-electron chi connectivity index (χ1n) is 5.32. The molecule has 4 heteroatoms. The summed E-state index contributed by atoms with van der Waals surface area (Å²) in [5.41, 5.74) is 1.90. The van der Waals surface area contributed by atoms with E-state index in [0.717, 1.165) is 5.56 Å². The van der Waals surface area contributed by atoms with Gasteiger partial charge < -0.3 is 10.2 Å². The second kappa shape index (κ2) is 4.49. The molecule has 0 amide bonds. The Morgan fingerprint density at radius 1 is 1.17 bits per heavy atom. The van der Waals surface area contributed by atoms with Crippen molar-refractivity contribution in [2.45, 2.75) is 6.92 Å². The van der Waals surface area contributed by atoms with Gasteiger partial charge in [-0.1, -0.05) is 12.1 Å². The topological polar surface area (TPSA) is 57.5 Å². The van der Waals surface area contributed by atoms with Crippen LogP contribution in [0.2, 0.25) is 0 Å². The fourth-order valence-electron chi connectivity index (χ4n) is 1.83. The van der Waals surface area contributed by atoms with Gasteiger partial charge in [-0.3, -0.25) is 0 Å². The summed E-state index contributed by atoms with van der Waals surface area (Å²) < 4.78 is 13.0. The molecule has 18 heavy (non-hydrogen) atoms. The fraction of sp³-hybridized carbons (Fsp3) is 0.0714. The first-order chi connectivity index (χ1) is 8.49. The van der Waals surface area contributed by atoms with E-state index in [2.05, 4.69) is 0 Å². The summed E-state index contributed by atoms with van der Waals surface area (Å²) in [6.07, 6.45) is 0. The number of aromatic hydroxyl groups is 1. The van der Waals surface area contributed by atoms with Crippen molar-refractivity contribution in [1.82, 2.24) is 0 Å². The molecular formula is C14H11FO3. The monoisotopic (exact) mass is 246 g/mol. The minimum atomic E-state index is -1.20. The minimum Gasteiger partial charge on any atom is -0.507 e. The van der Waals surface area contributed by atoms with E-state index < -0.39 is 5.97 Å². The highest BCUT2D eigenvalue weighted by molar-refractivity contribution is 5.92. The van der Waals surface area contributed by atoms with Gasteiger partial charge >= 0.3 is 5.97 Å². The smallest absolute Gasteiger partial charge is 0.339 e. The highest BCUT2D eigenvalue weighted by atomic mass is 19.1. The van der Waals surface area contributed by atoms with Gasteiger partial charge in [-0.2, -0.15) is 0 Å². The van der Waals surface area contributed by atoms with Gasteiger partial charge in [-0.25, -0.2) is 9.18 Å². The van der Waals surface area contributed by atoms with Crippen molar-refractivity contribution in [2.24, 2.45) is 0 Å². The van der Waals surface area contributed by atoms with Crippen LogP contribution in [0.25, 0.3) is 11.1 Å². The number of hydrogen-bond donors (Lipinski definition) is 2. The quantitative estimate of drug-likeness (QED) is 0.855. The van der Waals surface area contributed by atoms with Crippen molar-refractivity contribution in [3.8, 4) is 16.9 Å². The highest BCUT2D eigenvalue weighted by Crippen LogP contribution is 2.28. The number of aromatic carboxylic acids is 1. The van der Waals surface area contributed by atoms with Gasteiger partial charge in [-0.15, -0.1) is 0 Å². The fourth-order valence-corrected chi connectivity index (χ4v) is 1.83. The van der Waals surface area contributed by atoms with Crippen LogP contribution in [0.4, 0.5) is 4.39 Å². The number of halogens is 1. The standard InChI is InChI=1S/C14H11FO3/c1-8-6-10(15)3-4-11(8)9-2-5-13(16)12(7-9)14(17)18/h2-7,16H,1H3,(H,17,18). The lowest BCUT2D eigenvalue weighted by Gasteiger charge is -2.08. The van der Waals surface area contributed by atoms with E-state index in [-0.39, 0.29) is 17.1 Å². The Hall–Kier alpha value is -2.36. The van der Waals surface area contributed by atoms with Gasteiger partial charge in [0, 0.05) is 0 Å². The van der Waals surface area contributed by atoms with Crippen LogP contribution in [0.15, 0.2) is 36.4 Å². The Balaban J connectivity index is 2.58. The molecule has 3 nitrogen and oxygen atoms in total. The zero-order chi connectivity index (χ0) is 13.3. The van der Waals surface area contributed by atoms with E-state index >= 15 is 0 Å². The van der Waals surface area contributed by atoms with E-state index in [1.54, 1.807) is 19.1 Å². The number of carbonyl (C=O) groups is 1. The van der Waals surface area contributed by atoms with E-state index in [0.29, 0.717) is 11.1 Å². The average Bonchev–Trinajstić information content (AvgIpc) is 2.30. The normalized spacial score (nSPS) is 10.3. The van der Waals surface area contributed by atoms with Gasteiger partial charge in [0.25, 0.3) is 0 Å². The number of phenols is 1. The molecule has 0 unspecified atom stereocenters. The number of carboxylic acid groups (broad SMARTS) is 1. The highest BCUT2D eigenvalue weighted by Gasteiger charge is 2.12. The van der Waals surface area contributed by atoms with Crippen LogP contribution in [0.5, 0.6) is 5.75 Å². The molecule has 0 bridgehead atoms. The summed E-state index contributed by atoms with van der Waals surface area (Å²) in [5.74, 6) is -1.83. The van der Waals surface area contributed by atoms with Crippen LogP contribution in [-0.2, 0) is 0 Å². The van der Waals surface area contributed by atoms with E-state index in [1.165, 1.54) is 24.3 Å². The molecule has 0 aliphatic rings. The van der Waals surface area contributed by atoms with Crippen molar-refractivity contribution < 1.29 is 19.4 Å². The molecule has 0 aliphatic carbocycles. The van der Waals surface area contributed by atoms with Crippen LogP contribution in [0.1, 0.15) is 15.9 Å². The van der Waals surface area contributed by atoms with Gasteiger partial charge in [0.05, 0.1) is 0 Å². The van der Waals surface area contributed by atoms with E-state index in [1.807, 2.05) is 0 Å². The lowest BCUT2D eigenvalue weighted by atomic mass is 9.98. The molecular weight excluding hydrogens is 235 g/mol. The lowest BCUT2D eigenvalue weighted by Crippen LogP contribution is -1.97. The maximum atomic E-state index is 13.0. The van der Waals surface area contributed by atoms with Crippen molar-refractivity contribution in [3.63, 3.8) is 0 Å². The van der Waals surface area contributed by atoms with Crippen molar-refractivity contribution in [2.75, 3.05) is 0 Å². The molecule has 2 aromatic rings. The van der Waals surface area contributed by atoms with Crippen LogP contribution in [0.3, 0.4) is 0 Å². The van der Waals surface area contributed by atoms with Crippen LogP contribution in [-0.4, -0.2) is 16.2 Å². The van der Waals surface area contributed by atoms with Gasteiger partial charge in [0.1, 0.15) is 17.1 Å². The SMILES string of the molecule is Cc1cc(F)ccc1-c1ccc(O)c(C(=O)O)c1. The lowest BCUT2D eigenvalue weighted by molar-refractivity contribution is 0.0694. The molecule has 0 spiro atoms. The molecule has 2 N–H and O–H groups in total. The third-order valence-electron chi connectivity index (χ3n) is 2.73. The predicted octanol–water partition coefficient (Wildman–Crippen LogP) is 3.20. The zero-order valence-electron chi connectivity index (χ0n) is 9.64. The molecule has 0 aromatic heterocycles. The predicted molar refractivity (Wildman–Crippen MR) is 65.2 cm³/mol.